The van der Waals surface area contributed by atoms with Crippen molar-refractivity contribution in [3.8, 4) is 11.5 Å². The molecule has 1 N–H and O–H groups in total. The largest absolute Gasteiger partial charge is 0.486 e. The van der Waals surface area contributed by atoms with Gasteiger partial charge in [-0.2, -0.15) is 0 Å². The highest BCUT2D eigenvalue weighted by molar-refractivity contribution is 7.92. The van der Waals surface area contributed by atoms with Gasteiger partial charge in [0.2, 0.25) is 21.8 Å². The summed E-state index contributed by atoms with van der Waals surface area (Å²) in [5.41, 5.74) is 2.44. The number of nitrogens with zero attached hydrogens (tertiary/aromatic N) is 2. The summed E-state index contributed by atoms with van der Waals surface area (Å²) in [4.78, 5) is 27.5. The lowest BCUT2D eigenvalue weighted by atomic mass is 10.1. The van der Waals surface area contributed by atoms with Crippen LogP contribution in [-0.4, -0.2) is 64.2 Å². The molecule has 1 aliphatic rings. The molecule has 0 aliphatic carbocycles. The third kappa shape index (κ3) is 6.69. The number of hydrogen-bond donors (Lipinski definition) is 1. The molecule has 3 rings (SSSR count). The first-order valence-electron chi connectivity index (χ1n) is 12.1. The number of likely N-dealkylation sites (N-methyl/N-ethyl adjacent to an activating group) is 1. The van der Waals surface area contributed by atoms with Gasteiger partial charge in [0.25, 0.3) is 0 Å². The normalized spacial score (nSPS) is 13.6. The summed E-state index contributed by atoms with van der Waals surface area (Å²) in [6, 6.07) is 12.1. The summed E-state index contributed by atoms with van der Waals surface area (Å²) in [5, 5.41) is 2.65. The van der Waals surface area contributed by atoms with E-state index in [-0.39, 0.29) is 31.2 Å². The lowest BCUT2D eigenvalue weighted by molar-refractivity contribution is -0.141. The molecule has 2 aromatic rings. The van der Waals surface area contributed by atoms with Gasteiger partial charge < -0.3 is 19.7 Å². The second-order valence-electron chi connectivity index (χ2n) is 8.75. The minimum absolute atomic E-state index is 0.0932. The number of carbonyl (C=O) groups is 2. The van der Waals surface area contributed by atoms with Gasteiger partial charge >= 0.3 is 0 Å². The van der Waals surface area contributed by atoms with E-state index >= 15 is 0 Å². The van der Waals surface area contributed by atoms with E-state index in [1.54, 1.807) is 30.1 Å². The van der Waals surface area contributed by atoms with Gasteiger partial charge in [0.15, 0.2) is 11.5 Å². The number of aryl methyl sites for hydroxylation is 1. The van der Waals surface area contributed by atoms with Crippen molar-refractivity contribution in [2.75, 3.05) is 37.4 Å². The number of anilines is 1. The zero-order valence-corrected chi connectivity index (χ0v) is 22.1. The summed E-state index contributed by atoms with van der Waals surface area (Å²) >= 11 is 0. The predicted octanol–water partition coefficient (Wildman–Crippen LogP) is 2.87. The number of carbonyl (C=O) groups excluding carboxylic acids is 2. The van der Waals surface area contributed by atoms with E-state index in [0.717, 1.165) is 17.4 Å². The smallest absolute Gasteiger partial charge is 0.242 e. The Labute approximate surface area is 213 Å². The molecule has 196 valence electrons. The number of ether oxygens (including phenoxy) is 2. The van der Waals surface area contributed by atoms with E-state index in [1.165, 1.54) is 4.31 Å². The minimum Gasteiger partial charge on any atom is -0.486 e. The van der Waals surface area contributed by atoms with Crippen molar-refractivity contribution in [3.63, 3.8) is 0 Å². The van der Waals surface area contributed by atoms with Crippen LogP contribution in [0.3, 0.4) is 0 Å². The molecule has 1 atom stereocenters. The Morgan fingerprint density at radius 3 is 2.42 bits per heavy atom. The predicted molar refractivity (Wildman–Crippen MR) is 139 cm³/mol. The third-order valence-corrected chi connectivity index (χ3v) is 7.39. The fourth-order valence-corrected chi connectivity index (χ4v) is 5.21. The highest BCUT2D eigenvalue weighted by atomic mass is 32.2. The summed E-state index contributed by atoms with van der Waals surface area (Å²) in [6.07, 6.45) is 1.98. The van der Waals surface area contributed by atoms with E-state index in [9.17, 15) is 18.0 Å². The summed E-state index contributed by atoms with van der Waals surface area (Å²) in [6.45, 7) is 5.08. The van der Waals surface area contributed by atoms with Crippen molar-refractivity contribution >= 4 is 27.5 Å². The molecule has 10 heteroatoms. The number of amides is 2. The Bertz CT molecular complexity index is 1180. The maximum absolute atomic E-state index is 13.4. The molecular formula is C26H35N3O6S. The Morgan fingerprint density at radius 1 is 1.08 bits per heavy atom. The van der Waals surface area contributed by atoms with Crippen molar-refractivity contribution < 1.29 is 27.5 Å². The van der Waals surface area contributed by atoms with Gasteiger partial charge in [-0.15, -0.1) is 0 Å². The Hall–Kier alpha value is -3.27. The second kappa shape index (κ2) is 12.1. The van der Waals surface area contributed by atoms with Gasteiger partial charge in [-0.1, -0.05) is 31.2 Å². The lowest BCUT2D eigenvalue weighted by Gasteiger charge is -2.31. The number of benzene rings is 2. The monoisotopic (exact) mass is 517 g/mol. The van der Waals surface area contributed by atoms with E-state index in [0.29, 0.717) is 43.4 Å². The van der Waals surface area contributed by atoms with Gasteiger partial charge in [0.1, 0.15) is 19.3 Å². The molecule has 0 bridgehead atoms. The molecule has 0 saturated carbocycles. The summed E-state index contributed by atoms with van der Waals surface area (Å²) in [7, 11) is -2.05. The molecule has 0 spiro atoms. The number of fused-ring (bicyclic) bond motifs is 1. The standard InChI is InChI=1S/C26H35N3O6S/c1-5-22(26(31)27-3)28(18-20-10-7-6-9-19(20)2)25(30)11-8-14-29(36(4,32)33)21-12-13-23-24(17-21)35-16-15-34-23/h6-7,9-10,12-13,17,22H,5,8,11,14-16,18H2,1-4H3,(H,27,31)/t22-/m1/s1. The molecule has 2 aromatic carbocycles. The maximum atomic E-state index is 13.4. The molecular weight excluding hydrogens is 482 g/mol. The van der Waals surface area contributed by atoms with Gasteiger partial charge in [-0.05, 0) is 43.0 Å². The second-order valence-corrected chi connectivity index (χ2v) is 10.7. The van der Waals surface area contributed by atoms with Crippen molar-refractivity contribution in [1.82, 2.24) is 10.2 Å². The van der Waals surface area contributed by atoms with Crippen LogP contribution in [0.2, 0.25) is 0 Å². The van der Waals surface area contributed by atoms with Crippen LogP contribution in [0.15, 0.2) is 42.5 Å². The highest BCUT2D eigenvalue weighted by Crippen LogP contribution is 2.34. The first-order chi connectivity index (χ1) is 17.2. The molecule has 9 nitrogen and oxygen atoms in total. The molecule has 0 saturated heterocycles. The zero-order valence-electron chi connectivity index (χ0n) is 21.3. The Morgan fingerprint density at radius 2 is 1.78 bits per heavy atom. The van der Waals surface area contributed by atoms with Gasteiger partial charge in [-0.3, -0.25) is 13.9 Å². The van der Waals surface area contributed by atoms with Gasteiger partial charge in [-0.25, -0.2) is 8.42 Å². The van der Waals surface area contributed by atoms with Crippen LogP contribution >= 0.6 is 0 Å². The number of rotatable bonds is 11. The summed E-state index contributed by atoms with van der Waals surface area (Å²) < 4.78 is 37.5. The Kier molecular flexibility index (Phi) is 9.19. The molecule has 36 heavy (non-hydrogen) atoms. The molecule has 0 fully saturated rings. The van der Waals surface area contributed by atoms with Crippen LogP contribution in [-0.2, 0) is 26.2 Å². The van der Waals surface area contributed by atoms with Crippen LogP contribution in [0.4, 0.5) is 5.69 Å². The highest BCUT2D eigenvalue weighted by Gasteiger charge is 2.28. The molecule has 2 amide bonds. The molecule has 0 unspecified atom stereocenters. The van der Waals surface area contributed by atoms with Crippen LogP contribution in [0.1, 0.15) is 37.3 Å². The summed E-state index contributed by atoms with van der Waals surface area (Å²) in [5.74, 6) is 0.627. The quantitative estimate of drug-likeness (QED) is 0.492. The lowest BCUT2D eigenvalue weighted by Crippen LogP contribution is -2.48. The number of hydrogen-bond acceptors (Lipinski definition) is 6. The maximum Gasteiger partial charge on any atom is 0.242 e. The molecule has 0 radical (unpaired) electrons. The van der Waals surface area contributed by atoms with Crippen LogP contribution in [0.25, 0.3) is 0 Å². The minimum atomic E-state index is -3.61. The zero-order chi connectivity index (χ0) is 26.3. The van der Waals surface area contributed by atoms with E-state index in [2.05, 4.69) is 5.32 Å². The van der Waals surface area contributed by atoms with Crippen LogP contribution < -0.4 is 19.1 Å². The van der Waals surface area contributed by atoms with Crippen molar-refractivity contribution in [2.24, 2.45) is 0 Å². The fourth-order valence-electron chi connectivity index (χ4n) is 4.25. The van der Waals surface area contributed by atoms with Crippen LogP contribution in [0, 0.1) is 6.92 Å². The van der Waals surface area contributed by atoms with Crippen LogP contribution in [0.5, 0.6) is 11.5 Å². The molecule has 1 aliphatic heterocycles. The van der Waals surface area contributed by atoms with E-state index < -0.39 is 16.1 Å². The van der Waals surface area contributed by atoms with E-state index in [4.69, 9.17) is 9.47 Å². The van der Waals surface area contributed by atoms with Crippen molar-refractivity contribution in [3.05, 3.63) is 53.6 Å². The van der Waals surface area contributed by atoms with E-state index in [1.807, 2.05) is 38.1 Å². The average Bonchev–Trinajstić information content (AvgIpc) is 2.86. The number of nitrogens with one attached hydrogen (secondary N) is 1. The van der Waals surface area contributed by atoms with Gasteiger partial charge in [0, 0.05) is 32.6 Å². The average molecular weight is 518 g/mol. The van der Waals surface area contributed by atoms with Gasteiger partial charge in [0.05, 0.1) is 11.9 Å². The number of sulfonamides is 1. The van der Waals surface area contributed by atoms with Crippen molar-refractivity contribution in [1.29, 1.82) is 0 Å². The first kappa shape index (κ1) is 27.3. The van der Waals surface area contributed by atoms with Crippen molar-refractivity contribution in [2.45, 2.75) is 45.7 Å². The first-order valence-corrected chi connectivity index (χ1v) is 13.9. The molecule has 1 heterocycles. The third-order valence-electron chi connectivity index (χ3n) is 6.20. The SMILES string of the molecule is CC[C@H](C(=O)NC)N(Cc1ccccc1C)C(=O)CCCN(c1ccc2c(c1)OCCO2)S(C)(=O)=O. The fraction of sp³-hybridized carbons (Fsp3) is 0.462. The Balaban J connectivity index is 1.76. The molecule has 0 aromatic heterocycles. The topological polar surface area (TPSA) is 105 Å².